The smallest absolute Gasteiger partial charge is 0.308 e. The zero-order valence-electron chi connectivity index (χ0n) is 12.8. The van der Waals surface area contributed by atoms with E-state index in [1.165, 1.54) is 12.7 Å². The summed E-state index contributed by atoms with van der Waals surface area (Å²) in [5.74, 6) is 0.274. The molecule has 0 atom stereocenters. The molecule has 0 saturated carbocycles. The van der Waals surface area contributed by atoms with Crippen LogP contribution in [-0.2, 0) is 16.1 Å². The number of benzene rings is 2. The summed E-state index contributed by atoms with van der Waals surface area (Å²) in [6, 6.07) is 11.8. The second-order valence-corrected chi connectivity index (χ2v) is 5.94. The van der Waals surface area contributed by atoms with Gasteiger partial charge in [-0.3, -0.25) is 9.69 Å². The van der Waals surface area contributed by atoms with Crippen LogP contribution in [0.1, 0.15) is 18.4 Å². The molecule has 4 nitrogen and oxygen atoms in total. The summed E-state index contributed by atoms with van der Waals surface area (Å²) in [6.45, 7) is 2.74. The second kappa shape index (κ2) is 6.36. The molecule has 0 unspecified atom stereocenters. The molecule has 1 saturated heterocycles. The molecule has 0 bridgehead atoms. The number of piperidine rings is 1. The Hall–Kier alpha value is -2.07. The van der Waals surface area contributed by atoms with E-state index in [0.717, 1.165) is 43.2 Å². The maximum absolute atomic E-state index is 11.5. The number of phenolic OH excluding ortho intramolecular Hbond substituents is 1. The van der Waals surface area contributed by atoms with Crippen LogP contribution >= 0.6 is 0 Å². The minimum absolute atomic E-state index is 0.0563. The lowest BCUT2D eigenvalue weighted by Gasteiger charge is -2.30. The SMILES string of the molecule is COC(=O)C1CCN(Cc2ccc3cc(O)ccc3c2)CC1. The lowest BCUT2D eigenvalue weighted by molar-refractivity contribution is -0.147. The van der Waals surface area contributed by atoms with Gasteiger partial charge in [0.15, 0.2) is 0 Å². The maximum atomic E-state index is 11.5. The zero-order chi connectivity index (χ0) is 15.5. The van der Waals surface area contributed by atoms with Crippen molar-refractivity contribution in [3.05, 3.63) is 42.0 Å². The lowest BCUT2D eigenvalue weighted by Crippen LogP contribution is -2.36. The van der Waals surface area contributed by atoms with E-state index in [4.69, 9.17) is 4.74 Å². The van der Waals surface area contributed by atoms with Crippen LogP contribution in [0.4, 0.5) is 0 Å². The molecule has 3 rings (SSSR count). The highest BCUT2D eigenvalue weighted by Gasteiger charge is 2.25. The van der Waals surface area contributed by atoms with Crippen LogP contribution in [0.2, 0.25) is 0 Å². The van der Waals surface area contributed by atoms with E-state index in [2.05, 4.69) is 17.0 Å². The molecule has 0 radical (unpaired) electrons. The number of aromatic hydroxyl groups is 1. The third-order valence-electron chi connectivity index (χ3n) is 4.42. The Kier molecular flexibility index (Phi) is 4.29. The van der Waals surface area contributed by atoms with Crippen molar-refractivity contribution in [3.8, 4) is 5.75 Å². The number of carbonyl (C=O) groups is 1. The topological polar surface area (TPSA) is 49.8 Å². The minimum atomic E-state index is -0.0786. The first-order valence-electron chi connectivity index (χ1n) is 7.67. The van der Waals surface area contributed by atoms with Crippen molar-refractivity contribution in [1.29, 1.82) is 0 Å². The van der Waals surface area contributed by atoms with Crippen LogP contribution in [-0.4, -0.2) is 36.2 Å². The molecule has 1 aliphatic rings. The van der Waals surface area contributed by atoms with Gasteiger partial charge in [0.25, 0.3) is 0 Å². The number of rotatable bonds is 3. The van der Waals surface area contributed by atoms with Crippen molar-refractivity contribution < 1.29 is 14.6 Å². The Balaban J connectivity index is 1.64. The number of likely N-dealkylation sites (tertiary alicyclic amines) is 1. The van der Waals surface area contributed by atoms with Crippen molar-refractivity contribution >= 4 is 16.7 Å². The fraction of sp³-hybridized carbons (Fsp3) is 0.389. The van der Waals surface area contributed by atoms with Crippen LogP contribution in [0.15, 0.2) is 36.4 Å². The number of phenols is 1. The van der Waals surface area contributed by atoms with Gasteiger partial charge < -0.3 is 9.84 Å². The van der Waals surface area contributed by atoms with E-state index >= 15 is 0 Å². The summed E-state index contributed by atoms with van der Waals surface area (Å²) in [5.41, 5.74) is 1.26. The quantitative estimate of drug-likeness (QED) is 0.885. The first-order chi connectivity index (χ1) is 10.7. The van der Waals surface area contributed by atoms with Crippen LogP contribution in [0, 0.1) is 5.92 Å². The number of hydrogen-bond acceptors (Lipinski definition) is 4. The van der Waals surface area contributed by atoms with Crippen LogP contribution in [0.3, 0.4) is 0 Å². The molecule has 2 aromatic carbocycles. The minimum Gasteiger partial charge on any atom is -0.508 e. The highest BCUT2D eigenvalue weighted by Crippen LogP contribution is 2.24. The standard InChI is InChI=1S/C18H21NO3/c1-22-18(21)14-6-8-19(9-7-14)12-13-2-3-16-11-17(20)5-4-15(16)10-13/h2-5,10-11,14,20H,6-9,12H2,1H3. The molecule has 116 valence electrons. The largest absolute Gasteiger partial charge is 0.508 e. The molecule has 2 aromatic rings. The van der Waals surface area contributed by atoms with Gasteiger partial charge in [0.05, 0.1) is 13.0 Å². The number of ether oxygens (including phenoxy) is 1. The monoisotopic (exact) mass is 299 g/mol. The fourth-order valence-corrected chi connectivity index (χ4v) is 3.13. The van der Waals surface area contributed by atoms with Crippen molar-refractivity contribution in [3.63, 3.8) is 0 Å². The molecular formula is C18H21NO3. The van der Waals surface area contributed by atoms with Gasteiger partial charge in [-0.05, 0) is 60.5 Å². The van der Waals surface area contributed by atoms with E-state index in [1.807, 2.05) is 12.1 Å². The molecule has 1 aliphatic heterocycles. The summed E-state index contributed by atoms with van der Waals surface area (Å²) >= 11 is 0. The van der Waals surface area contributed by atoms with Gasteiger partial charge in [0, 0.05) is 6.54 Å². The third-order valence-corrected chi connectivity index (χ3v) is 4.42. The summed E-state index contributed by atoms with van der Waals surface area (Å²) in [6.07, 6.45) is 1.74. The number of esters is 1. The van der Waals surface area contributed by atoms with Crippen LogP contribution in [0.5, 0.6) is 5.75 Å². The molecule has 0 aliphatic carbocycles. The highest BCUT2D eigenvalue weighted by molar-refractivity contribution is 5.84. The van der Waals surface area contributed by atoms with Gasteiger partial charge in [-0.1, -0.05) is 18.2 Å². The zero-order valence-corrected chi connectivity index (χ0v) is 12.8. The average molecular weight is 299 g/mol. The van der Waals surface area contributed by atoms with Gasteiger partial charge >= 0.3 is 5.97 Å². The highest BCUT2D eigenvalue weighted by atomic mass is 16.5. The third kappa shape index (κ3) is 3.22. The van der Waals surface area contributed by atoms with Gasteiger partial charge in [-0.2, -0.15) is 0 Å². The first kappa shape index (κ1) is 14.9. The Morgan fingerprint density at radius 2 is 1.86 bits per heavy atom. The van der Waals surface area contributed by atoms with E-state index in [1.54, 1.807) is 12.1 Å². The Morgan fingerprint density at radius 1 is 1.18 bits per heavy atom. The summed E-state index contributed by atoms with van der Waals surface area (Å²) < 4.78 is 4.82. The van der Waals surface area contributed by atoms with E-state index in [0.29, 0.717) is 5.75 Å². The predicted octanol–water partition coefficient (Wildman–Crippen LogP) is 2.93. The molecule has 4 heteroatoms. The number of nitrogens with zero attached hydrogens (tertiary/aromatic N) is 1. The maximum Gasteiger partial charge on any atom is 0.308 e. The molecular weight excluding hydrogens is 278 g/mol. The van der Waals surface area contributed by atoms with Gasteiger partial charge in [-0.15, -0.1) is 0 Å². The summed E-state index contributed by atoms with van der Waals surface area (Å²) in [4.78, 5) is 13.9. The van der Waals surface area contributed by atoms with E-state index in [9.17, 15) is 9.90 Å². The molecule has 1 fully saturated rings. The normalized spacial score (nSPS) is 16.8. The predicted molar refractivity (Wildman–Crippen MR) is 85.6 cm³/mol. The van der Waals surface area contributed by atoms with Crippen molar-refractivity contribution in [2.24, 2.45) is 5.92 Å². The second-order valence-electron chi connectivity index (χ2n) is 5.94. The Bertz CT molecular complexity index is 675. The van der Waals surface area contributed by atoms with Gasteiger partial charge in [0.2, 0.25) is 0 Å². The van der Waals surface area contributed by atoms with Crippen molar-refractivity contribution in [2.45, 2.75) is 19.4 Å². The van der Waals surface area contributed by atoms with Crippen LogP contribution in [0.25, 0.3) is 10.8 Å². The van der Waals surface area contributed by atoms with E-state index < -0.39 is 0 Å². The molecule has 0 amide bonds. The first-order valence-corrected chi connectivity index (χ1v) is 7.67. The molecule has 1 heterocycles. The summed E-state index contributed by atoms with van der Waals surface area (Å²) in [5, 5.41) is 11.7. The fourth-order valence-electron chi connectivity index (χ4n) is 3.13. The Morgan fingerprint density at radius 3 is 2.59 bits per heavy atom. The lowest BCUT2D eigenvalue weighted by atomic mass is 9.96. The molecule has 0 aromatic heterocycles. The van der Waals surface area contributed by atoms with Crippen LogP contribution < -0.4 is 0 Å². The molecule has 22 heavy (non-hydrogen) atoms. The van der Waals surface area contributed by atoms with Crippen molar-refractivity contribution in [1.82, 2.24) is 4.90 Å². The molecule has 1 N–H and O–H groups in total. The number of methoxy groups -OCH3 is 1. The number of carbonyl (C=O) groups excluding carboxylic acids is 1. The average Bonchev–Trinajstić information content (AvgIpc) is 2.55. The number of fused-ring (bicyclic) bond motifs is 1. The van der Waals surface area contributed by atoms with Gasteiger partial charge in [-0.25, -0.2) is 0 Å². The van der Waals surface area contributed by atoms with E-state index in [-0.39, 0.29) is 11.9 Å². The number of hydrogen-bond donors (Lipinski definition) is 1. The van der Waals surface area contributed by atoms with Gasteiger partial charge in [0.1, 0.15) is 5.75 Å². The molecule has 0 spiro atoms. The Labute approximate surface area is 130 Å². The summed E-state index contributed by atoms with van der Waals surface area (Å²) in [7, 11) is 1.46. The van der Waals surface area contributed by atoms with Crippen molar-refractivity contribution in [2.75, 3.05) is 20.2 Å².